The molecule has 1 aromatic carbocycles. The SMILES string of the molecule is Cc1cccc(NC(=O)CN2CCC(C(F)F)CC2)c1. The van der Waals surface area contributed by atoms with Crippen molar-refractivity contribution in [2.75, 3.05) is 25.0 Å². The summed E-state index contributed by atoms with van der Waals surface area (Å²) in [6, 6.07) is 7.60. The lowest BCUT2D eigenvalue weighted by atomic mass is 9.97. The van der Waals surface area contributed by atoms with Gasteiger partial charge in [-0.3, -0.25) is 9.69 Å². The highest BCUT2D eigenvalue weighted by molar-refractivity contribution is 5.92. The molecule has 1 N–H and O–H groups in total. The summed E-state index contributed by atoms with van der Waals surface area (Å²) in [7, 11) is 0. The predicted octanol–water partition coefficient (Wildman–Crippen LogP) is 2.91. The van der Waals surface area contributed by atoms with Gasteiger partial charge < -0.3 is 5.32 Å². The molecule has 0 unspecified atom stereocenters. The van der Waals surface area contributed by atoms with Gasteiger partial charge in [-0.05, 0) is 50.6 Å². The molecule has 110 valence electrons. The van der Waals surface area contributed by atoms with Crippen molar-refractivity contribution >= 4 is 11.6 Å². The Labute approximate surface area is 118 Å². The number of nitrogens with one attached hydrogen (secondary N) is 1. The number of piperidine rings is 1. The van der Waals surface area contributed by atoms with Crippen LogP contribution < -0.4 is 5.32 Å². The van der Waals surface area contributed by atoms with E-state index in [1.165, 1.54) is 0 Å². The minimum atomic E-state index is -2.24. The highest BCUT2D eigenvalue weighted by Gasteiger charge is 2.26. The Morgan fingerprint density at radius 2 is 2.10 bits per heavy atom. The molecule has 1 aromatic rings. The molecule has 0 bridgehead atoms. The molecular weight excluding hydrogens is 262 g/mol. The molecule has 1 saturated heterocycles. The van der Waals surface area contributed by atoms with Crippen LogP contribution in [-0.2, 0) is 4.79 Å². The summed E-state index contributed by atoms with van der Waals surface area (Å²) in [6.07, 6.45) is -1.30. The minimum absolute atomic E-state index is 0.0916. The maximum absolute atomic E-state index is 12.5. The summed E-state index contributed by atoms with van der Waals surface area (Å²) in [5.41, 5.74) is 1.86. The Kier molecular flexibility index (Phi) is 5.06. The molecule has 1 amide bonds. The highest BCUT2D eigenvalue weighted by atomic mass is 19.3. The Morgan fingerprint density at radius 1 is 1.40 bits per heavy atom. The number of carbonyl (C=O) groups is 1. The van der Waals surface area contributed by atoms with E-state index in [1.807, 2.05) is 36.1 Å². The minimum Gasteiger partial charge on any atom is -0.325 e. The van der Waals surface area contributed by atoms with Crippen LogP contribution in [0, 0.1) is 12.8 Å². The van der Waals surface area contributed by atoms with Gasteiger partial charge in [0.2, 0.25) is 12.3 Å². The van der Waals surface area contributed by atoms with Gasteiger partial charge in [0.1, 0.15) is 0 Å². The second-order valence-corrected chi connectivity index (χ2v) is 5.37. The first-order chi connectivity index (χ1) is 9.54. The van der Waals surface area contributed by atoms with Crippen LogP contribution in [0.3, 0.4) is 0 Å². The van der Waals surface area contributed by atoms with E-state index in [4.69, 9.17) is 0 Å². The lowest BCUT2D eigenvalue weighted by Gasteiger charge is -2.30. The molecule has 3 nitrogen and oxygen atoms in total. The summed E-state index contributed by atoms with van der Waals surface area (Å²) < 4.78 is 25.1. The normalized spacial score (nSPS) is 17.4. The van der Waals surface area contributed by atoms with E-state index in [-0.39, 0.29) is 12.5 Å². The van der Waals surface area contributed by atoms with Gasteiger partial charge in [-0.1, -0.05) is 12.1 Å². The molecule has 2 rings (SSSR count). The van der Waals surface area contributed by atoms with Crippen molar-refractivity contribution in [1.82, 2.24) is 4.90 Å². The number of aryl methyl sites for hydroxylation is 1. The van der Waals surface area contributed by atoms with Crippen LogP contribution in [0.2, 0.25) is 0 Å². The highest BCUT2D eigenvalue weighted by Crippen LogP contribution is 2.23. The molecule has 0 spiro atoms. The van der Waals surface area contributed by atoms with Crippen LogP contribution in [0.1, 0.15) is 18.4 Å². The molecule has 1 aliphatic rings. The van der Waals surface area contributed by atoms with Crippen molar-refractivity contribution in [3.05, 3.63) is 29.8 Å². The van der Waals surface area contributed by atoms with Gasteiger partial charge in [0, 0.05) is 11.6 Å². The molecule has 0 radical (unpaired) electrons. The zero-order chi connectivity index (χ0) is 14.5. The zero-order valence-corrected chi connectivity index (χ0v) is 11.6. The van der Waals surface area contributed by atoms with Gasteiger partial charge in [0.25, 0.3) is 0 Å². The van der Waals surface area contributed by atoms with E-state index in [1.54, 1.807) is 0 Å². The summed E-state index contributed by atoms with van der Waals surface area (Å²) in [6.45, 7) is 3.36. The summed E-state index contributed by atoms with van der Waals surface area (Å²) in [4.78, 5) is 13.8. The van der Waals surface area contributed by atoms with Crippen molar-refractivity contribution in [3.63, 3.8) is 0 Å². The van der Waals surface area contributed by atoms with Crippen molar-refractivity contribution < 1.29 is 13.6 Å². The van der Waals surface area contributed by atoms with Gasteiger partial charge in [0.15, 0.2) is 0 Å². The lowest BCUT2D eigenvalue weighted by molar-refractivity contribution is -0.117. The topological polar surface area (TPSA) is 32.3 Å². The molecule has 0 saturated carbocycles. The Morgan fingerprint density at radius 3 is 2.70 bits per heavy atom. The predicted molar refractivity (Wildman–Crippen MR) is 75.0 cm³/mol. The molecule has 0 aromatic heterocycles. The van der Waals surface area contributed by atoms with Crippen molar-refractivity contribution in [2.24, 2.45) is 5.92 Å². The second kappa shape index (κ2) is 6.79. The quantitative estimate of drug-likeness (QED) is 0.921. The number of hydrogen-bond acceptors (Lipinski definition) is 2. The van der Waals surface area contributed by atoms with E-state index in [0.29, 0.717) is 25.9 Å². The third-order valence-corrected chi connectivity index (χ3v) is 3.66. The number of benzene rings is 1. The van der Waals surface area contributed by atoms with Crippen LogP contribution in [0.25, 0.3) is 0 Å². The fourth-order valence-corrected chi connectivity index (χ4v) is 2.49. The first-order valence-electron chi connectivity index (χ1n) is 6.91. The Hall–Kier alpha value is -1.49. The average molecular weight is 282 g/mol. The van der Waals surface area contributed by atoms with Gasteiger partial charge in [-0.15, -0.1) is 0 Å². The van der Waals surface area contributed by atoms with Crippen LogP contribution in [-0.4, -0.2) is 36.9 Å². The maximum Gasteiger partial charge on any atom is 0.241 e. The average Bonchev–Trinajstić information content (AvgIpc) is 2.39. The third-order valence-electron chi connectivity index (χ3n) is 3.66. The number of amides is 1. The number of anilines is 1. The van der Waals surface area contributed by atoms with Crippen molar-refractivity contribution in [3.8, 4) is 0 Å². The number of alkyl halides is 2. The molecule has 20 heavy (non-hydrogen) atoms. The first-order valence-corrected chi connectivity index (χ1v) is 6.91. The van der Waals surface area contributed by atoms with Crippen LogP contribution in [0.4, 0.5) is 14.5 Å². The molecule has 0 aliphatic carbocycles. The van der Waals surface area contributed by atoms with E-state index < -0.39 is 12.3 Å². The van der Waals surface area contributed by atoms with Crippen molar-refractivity contribution in [2.45, 2.75) is 26.2 Å². The van der Waals surface area contributed by atoms with Crippen LogP contribution >= 0.6 is 0 Å². The van der Waals surface area contributed by atoms with Crippen LogP contribution in [0.15, 0.2) is 24.3 Å². The number of nitrogens with zero attached hydrogens (tertiary/aromatic N) is 1. The first kappa shape index (κ1) is 14.9. The number of likely N-dealkylation sites (tertiary alicyclic amines) is 1. The van der Waals surface area contributed by atoms with E-state index >= 15 is 0 Å². The molecule has 1 heterocycles. The standard InChI is InChI=1S/C15H20F2N2O/c1-11-3-2-4-13(9-11)18-14(20)10-19-7-5-12(6-8-19)15(16)17/h2-4,9,12,15H,5-8,10H2,1H3,(H,18,20). The van der Waals surface area contributed by atoms with Gasteiger partial charge in [-0.2, -0.15) is 0 Å². The fourth-order valence-electron chi connectivity index (χ4n) is 2.49. The zero-order valence-electron chi connectivity index (χ0n) is 11.6. The second-order valence-electron chi connectivity index (χ2n) is 5.37. The fraction of sp³-hybridized carbons (Fsp3) is 0.533. The molecule has 5 heteroatoms. The smallest absolute Gasteiger partial charge is 0.241 e. The van der Waals surface area contributed by atoms with E-state index in [0.717, 1.165) is 11.3 Å². The molecule has 0 atom stereocenters. The van der Waals surface area contributed by atoms with Gasteiger partial charge >= 0.3 is 0 Å². The molecular formula is C15H20F2N2O. The lowest BCUT2D eigenvalue weighted by Crippen LogP contribution is -2.40. The summed E-state index contributed by atoms with van der Waals surface area (Å²) in [5, 5.41) is 2.84. The van der Waals surface area contributed by atoms with Crippen molar-refractivity contribution in [1.29, 1.82) is 0 Å². The largest absolute Gasteiger partial charge is 0.325 e. The summed E-state index contributed by atoms with van der Waals surface area (Å²) in [5.74, 6) is -0.600. The maximum atomic E-state index is 12.5. The number of carbonyl (C=O) groups excluding carboxylic acids is 1. The number of hydrogen-bond donors (Lipinski definition) is 1. The number of rotatable bonds is 4. The van der Waals surface area contributed by atoms with Crippen LogP contribution in [0.5, 0.6) is 0 Å². The monoisotopic (exact) mass is 282 g/mol. The van der Waals surface area contributed by atoms with Gasteiger partial charge in [0.05, 0.1) is 6.54 Å². The third kappa shape index (κ3) is 4.27. The Bertz CT molecular complexity index is 457. The number of halogens is 2. The van der Waals surface area contributed by atoms with E-state index in [2.05, 4.69) is 5.32 Å². The molecule has 1 aliphatic heterocycles. The van der Waals surface area contributed by atoms with Gasteiger partial charge in [-0.25, -0.2) is 8.78 Å². The Balaban J connectivity index is 1.78. The molecule has 1 fully saturated rings. The summed E-state index contributed by atoms with van der Waals surface area (Å²) >= 11 is 0. The van der Waals surface area contributed by atoms with E-state index in [9.17, 15) is 13.6 Å².